The van der Waals surface area contributed by atoms with E-state index in [4.69, 9.17) is 14.2 Å². The molecule has 0 aliphatic carbocycles. The fourth-order valence-electron chi connectivity index (χ4n) is 4.33. The molecule has 0 saturated carbocycles. The zero-order valence-corrected chi connectivity index (χ0v) is 23.3. The van der Waals surface area contributed by atoms with Crippen molar-refractivity contribution in [2.24, 2.45) is 0 Å². The van der Waals surface area contributed by atoms with Crippen LogP contribution in [0.2, 0.25) is 0 Å². The molecule has 4 heterocycles. The van der Waals surface area contributed by atoms with Crippen LogP contribution in [0.1, 0.15) is 24.4 Å². The quantitative estimate of drug-likeness (QED) is 0.268. The maximum Gasteiger partial charge on any atom is 0.243 e. The van der Waals surface area contributed by atoms with E-state index in [1.807, 2.05) is 25.1 Å². The van der Waals surface area contributed by atoms with Crippen LogP contribution in [-0.4, -0.2) is 69.3 Å². The highest BCUT2D eigenvalue weighted by atomic mass is 32.2. The number of nitrogens with zero attached hydrogens (tertiary/aromatic N) is 7. The highest BCUT2D eigenvalue weighted by molar-refractivity contribution is 7.93. The molecule has 2 atom stereocenters. The van der Waals surface area contributed by atoms with Crippen molar-refractivity contribution >= 4 is 21.5 Å². The van der Waals surface area contributed by atoms with E-state index in [9.17, 15) is 8.42 Å². The molecule has 2 unspecified atom stereocenters. The van der Waals surface area contributed by atoms with Crippen LogP contribution >= 0.6 is 0 Å². The fraction of sp³-hybridized carbons (Fsp3) is 0.269. The number of nitrogens with one attached hydrogen (secondary N) is 1. The molecule has 0 fully saturated rings. The SMILES string of the molecule is COc1cccc(OC)c1-n1c(NS(=O)(=O)C(C)C(OC)c2ncc(C)cn2)nnc1-c1cnn2ccccc12. The van der Waals surface area contributed by atoms with Crippen LogP contribution < -0.4 is 14.2 Å². The van der Waals surface area contributed by atoms with E-state index in [1.54, 1.807) is 47.5 Å². The summed E-state index contributed by atoms with van der Waals surface area (Å²) >= 11 is 0. The van der Waals surface area contributed by atoms with E-state index in [-0.39, 0.29) is 11.8 Å². The standard InChI is InChI=1S/C26H28N8O5S/c1-16-13-27-24(28-14-16)23(39-5)17(2)40(35,36)32-26-31-30-25(18-15-29-33-12-7-6-9-19(18)33)34(26)22-20(37-3)10-8-11-21(22)38-4/h6-15,17,23H,1-5H3,(H,31,32). The van der Waals surface area contributed by atoms with Crippen LogP contribution in [0.3, 0.4) is 0 Å². The second-order valence-electron chi connectivity index (χ2n) is 8.91. The van der Waals surface area contributed by atoms with Gasteiger partial charge < -0.3 is 14.2 Å². The summed E-state index contributed by atoms with van der Waals surface area (Å²) < 4.78 is 50.1. The highest BCUT2D eigenvalue weighted by Crippen LogP contribution is 2.39. The van der Waals surface area contributed by atoms with Gasteiger partial charge in [0.15, 0.2) is 11.6 Å². The Morgan fingerprint density at radius 1 is 0.925 bits per heavy atom. The number of para-hydroxylation sites is 1. The Kier molecular flexibility index (Phi) is 7.36. The van der Waals surface area contributed by atoms with Crippen LogP contribution in [0.25, 0.3) is 22.6 Å². The fourth-order valence-corrected chi connectivity index (χ4v) is 5.47. The summed E-state index contributed by atoms with van der Waals surface area (Å²) in [5.41, 5.74) is 2.59. The number of hydrogen-bond acceptors (Lipinski definition) is 10. The van der Waals surface area contributed by atoms with Gasteiger partial charge in [0.2, 0.25) is 16.0 Å². The first-order chi connectivity index (χ1) is 19.3. The third-order valence-electron chi connectivity index (χ3n) is 6.41. The molecular formula is C26H28N8O5S. The average molecular weight is 565 g/mol. The summed E-state index contributed by atoms with van der Waals surface area (Å²) in [6.07, 6.45) is 5.69. The van der Waals surface area contributed by atoms with Crippen molar-refractivity contribution in [3.8, 4) is 28.6 Å². The van der Waals surface area contributed by atoms with Gasteiger partial charge in [0.25, 0.3) is 0 Å². The normalized spacial score (nSPS) is 13.2. The maximum atomic E-state index is 13.7. The first-order valence-corrected chi connectivity index (χ1v) is 13.8. The van der Waals surface area contributed by atoms with E-state index in [0.29, 0.717) is 28.6 Å². The smallest absolute Gasteiger partial charge is 0.243 e. The highest BCUT2D eigenvalue weighted by Gasteiger charge is 2.35. The topological polar surface area (TPSA) is 148 Å². The maximum absolute atomic E-state index is 13.7. The number of methoxy groups -OCH3 is 3. The number of rotatable bonds is 10. The lowest BCUT2D eigenvalue weighted by Gasteiger charge is -2.23. The van der Waals surface area contributed by atoms with Crippen molar-refractivity contribution in [2.75, 3.05) is 26.1 Å². The van der Waals surface area contributed by atoms with E-state index < -0.39 is 21.4 Å². The Balaban J connectivity index is 1.65. The zero-order chi connectivity index (χ0) is 28.4. The van der Waals surface area contributed by atoms with E-state index in [1.165, 1.54) is 32.8 Å². The summed E-state index contributed by atoms with van der Waals surface area (Å²) in [7, 11) is 0.293. The van der Waals surface area contributed by atoms with Gasteiger partial charge in [-0.05, 0) is 43.7 Å². The van der Waals surface area contributed by atoms with Crippen molar-refractivity contribution < 1.29 is 22.6 Å². The number of aryl methyl sites for hydroxylation is 1. The molecule has 0 aliphatic heterocycles. The van der Waals surface area contributed by atoms with Gasteiger partial charge >= 0.3 is 0 Å². The van der Waals surface area contributed by atoms with Crippen molar-refractivity contribution in [3.63, 3.8) is 0 Å². The Bertz CT molecular complexity index is 1730. The number of sulfonamides is 1. The molecule has 0 aliphatic rings. The van der Waals surface area contributed by atoms with Crippen LogP contribution in [0.5, 0.6) is 11.5 Å². The number of benzene rings is 1. The minimum absolute atomic E-state index is 0.0837. The molecule has 1 N–H and O–H groups in total. The summed E-state index contributed by atoms with van der Waals surface area (Å²) in [4.78, 5) is 8.53. The van der Waals surface area contributed by atoms with Crippen molar-refractivity contribution in [1.29, 1.82) is 0 Å². The molecule has 13 nitrogen and oxygen atoms in total. The summed E-state index contributed by atoms with van der Waals surface area (Å²) in [5, 5.41) is 11.9. The van der Waals surface area contributed by atoms with Gasteiger partial charge in [-0.15, -0.1) is 10.2 Å². The predicted octanol–water partition coefficient (Wildman–Crippen LogP) is 3.22. The molecule has 5 rings (SSSR count). The molecule has 0 bridgehead atoms. The molecule has 0 spiro atoms. The first kappa shape index (κ1) is 27.0. The minimum Gasteiger partial charge on any atom is -0.494 e. The number of ether oxygens (including phenoxy) is 3. The average Bonchev–Trinajstić information content (AvgIpc) is 3.57. The Morgan fingerprint density at radius 2 is 1.62 bits per heavy atom. The zero-order valence-electron chi connectivity index (χ0n) is 22.5. The van der Waals surface area contributed by atoms with Crippen molar-refractivity contribution in [2.45, 2.75) is 25.2 Å². The predicted molar refractivity (Wildman–Crippen MR) is 147 cm³/mol. The molecule has 40 heavy (non-hydrogen) atoms. The third-order valence-corrected chi connectivity index (χ3v) is 8.11. The van der Waals surface area contributed by atoms with Crippen molar-refractivity contribution in [3.05, 3.63) is 72.6 Å². The van der Waals surface area contributed by atoms with Gasteiger partial charge in [-0.2, -0.15) is 5.10 Å². The molecule has 0 amide bonds. The largest absolute Gasteiger partial charge is 0.494 e. The lowest BCUT2D eigenvalue weighted by atomic mass is 10.2. The Labute approximate surface area is 230 Å². The number of hydrogen-bond donors (Lipinski definition) is 1. The molecule has 5 aromatic rings. The van der Waals surface area contributed by atoms with E-state index in [0.717, 1.165) is 11.1 Å². The van der Waals surface area contributed by atoms with Crippen LogP contribution in [0, 0.1) is 6.92 Å². The van der Waals surface area contributed by atoms with E-state index in [2.05, 4.69) is 30.0 Å². The molecule has 14 heteroatoms. The number of pyridine rings is 1. The molecular weight excluding hydrogens is 536 g/mol. The third kappa shape index (κ3) is 4.82. The van der Waals surface area contributed by atoms with Gasteiger partial charge in [-0.1, -0.05) is 12.1 Å². The van der Waals surface area contributed by atoms with Gasteiger partial charge in [0.05, 0.1) is 31.5 Å². The lowest BCUT2D eigenvalue weighted by molar-refractivity contribution is 0.0949. The first-order valence-electron chi connectivity index (χ1n) is 12.2. The van der Waals surface area contributed by atoms with Gasteiger partial charge in [0, 0.05) is 25.7 Å². The van der Waals surface area contributed by atoms with Crippen LogP contribution in [0.4, 0.5) is 5.95 Å². The van der Waals surface area contributed by atoms with Crippen molar-refractivity contribution in [1.82, 2.24) is 34.3 Å². The second kappa shape index (κ2) is 10.9. The van der Waals surface area contributed by atoms with Crippen LogP contribution in [-0.2, 0) is 14.8 Å². The molecule has 208 valence electrons. The monoisotopic (exact) mass is 564 g/mol. The Morgan fingerprint density at radius 3 is 2.27 bits per heavy atom. The molecule has 0 radical (unpaired) electrons. The molecule has 0 saturated heterocycles. The Hall–Kier alpha value is -4.56. The molecule has 1 aromatic carbocycles. The molecule has 4 aromatic heterocycles. The van der Waals surface area contributed by atoms with Gasteiger partial charge in [-0.25, -0.2) is 22.9 Å². The summed E-state index contributed by atoms with van der Waals surface area (Å²) in [6.45, 7) is 3.35. The number of anilines is 1. The van der Waals surface area contributed by atoms with E-state index >= 15 is 0 Å². The number of fused-ring (bicyclic) bond motifs is 1. The summed E-state index contributed by atoms with van der Waals surface area (Å²) in [5.74, 6) is 1.30. The minimum atomic E-state index is -4.13. The second-order valence-corrected chi connectivity index (χ2v) is 10.9. The van der Waals surface area contributed by atoms with Gasteiger partial charge in [0.1, 0.15) is 28.5 Å². The van der Waals surface area contributed by atoms with Crippen LogP contribution in [0.15, 0.2) is 61.2 Å². The van der Waals surface area contributed by atoms with Gasteiger partial charge in [-0.3, -0.25) is 9.29 Å². The summed E-state index contributed by atoms with van der Waals surface area (Å²) in [6, 6.07) is 10.8. The lowest BCUT2D eigenvalue weighted by Crippen LogP contribution is -2.33. The number of aromatic nitrogens is 7.